The molecule has 0 spiro atoms. The Balaban J connectivity index is 2.44. The second-order valence-corrected chi connectivity index (χ2v) is 7.14. The third-order valence-electron chi connectivity index (χ3n) is 2.92. The van der Waals surface area contributed by atoms with E-state index in [0.29, 0.717) is 19.0 Å². The fourth-order valence-electron chi connectivity index (χ4n) is 2.05. The minimum Gasteiger partial charge on any atom is -0.481 e. The molecule has 6 nitrogen and oxygen atoms in total. The average molecular weight is 278 g/mol. The molecule has 1 aliphatic heterocycles. The normalized spacial score (nSPS) is 19.3. The summed E-state index contributed by atoms with van der Waals surface area (Å²) >= 11 is 0. The lowest BCUT2D eigenvalue weighted by molar-refractivity contribution is -0.136. The first-order valence-corrected chi connectivity index (χ1v) is 7.84. The highest BCUT2D eigenvalue weighted by molar-refractivity contribution is 7.89. The minimum atomic E-state index is -3.40. The third kappa shape index (κ3) is 4.91. The molecule has 0 aromatic rings. The van der Waals surface area contributed by atoms with Crippen molar-refractivity contribution < 1.29 is 18.3 Å². The van der Waals surface area contributed by atoms with Crippen LogP contribution < -0.4 is 0 Å². The Labute approximate surface area is 109 Å². The van der Waals surface area contributed by atoms with Crippen LogP contribution in [0.4, 0.5) is 0 Å². The van der Waals surface area contributed by atoms with Crippen molar-refractivity contribution in [3.8, 4) is 0 Å². The first-order chi connectivity index (χ1) is 8.31. The molecular weight excluding hydrogens is 256 g/mol. The van der Waals surface area contributed by atoms with Crippen molar-refractivity contribution in [2.75, 3.05) is 38.5 Å². The molecule has 1 N–H and O–H groups in total. The van der Waals surface area contributed by atoms with Crippen molar-refractivity contribution in [2.45, 2.75) is 20.3 Å². The van der Waals surface area contributed by atoms with Gasteiger partial charge in [-0.15, -0.1) is 0 Å². The molecule has 7 heteroatoms. The molecule has 0 bridgehead atoms. The van der Waals surface area contributed by atoms with E-state index in [1.54, 1.807) is 0 Å². The van der Waals surface area contributed by atoms with Crippen LogP contribution >= 0.6 is 0 Å². The van der Waals surface area contributed by atoms with Gasteiger partial charge in [-0.05, 0) is 5.92 Å². The maximum atomic E-state index is 11.9. The zero-order valence-corrected chi connectivity index (χ0v) is 11.8. The van der Waals surface area contributed by atoms with E-state index in [1.165, 1.54) is 4.31 Å². The average Bonchev–Trinajstić information content (AvgIpc) is 2.26. The number of hydrogen-bond donors (Lipinski definition) is 1. The number of sulfonamides is 1. The summed E-state index contributed by atoms with van der Waals surface area (Å²) in [5, 5.41) is 8.53. The van der Waals surface area contributed by atoms with Gasteiger partial charge in [0.2, 0.25) is 10.0 Å². The summed E-state index contributed by atoms with van der Waals surface area (Å²) in [6.07, 6.45) is -0.325. The highest BCUT2D eigenvalue weighted by atomic mass is 32.2. The van der Waals surface area contributed by atoms with Crippen molar-refractivity contribution in [2.24, 2.45) is 5.92 Å². The van der Waals surface area contributed by atoms with E-state index in [2.05, 4.69) is 18.7 Å². The third-order valence-corrected chi connectivity index (χ3v) is 4.79. The molecular formula is C11H22N2O4S. The first kappa shape index (κ1) is 15.4. The minimum absolute atomic E-state index is 0.299. The lowest BCUT2D eigenvalue weighted by Crippen LogP contribution is -2.50. The summed E-state index contributed by atoms with van der Waals surface area (Å²) < 4.78 is 25.1. The molecule has 18 heavy (non-hydrogen) atoms. The number of rotatable bonds is 6. The van der Waals surface area contributed by atoms with Crippen LogP contribution in [0.1, 0.15) is 20.3 Å². The molecule has 1 saturated heterocycles. The number of nitrogens with zero attached hydrogens (tertiary/aromatic N) is 2. The van der Waals surface area contributed by atoms with E-state index in [1.807, 2.05) is 0 Å². The van der Waals surface area contributed by atoms with Gasteiger partial charge in [0.05, 0.1) is 12.2 Å². The summed E-state index contributed by atoms with van der Waals surface area (Å²) in [6.45, 7) is 7.63. The lowest BCUT2D eigenvalue weighted by atomic mass is 10.2. The summed E-state index contributed by atoms with van der Waals surface area (Å²) in [4.78, 5) is 12.7. The van der Waals surface area contributed by atoms with Crippen LogP contribution in [0.3, 0.4) is 0 Å². The van der Waals surface area contributed by atoms with Crippen LogP contribution in [-0.2, 0) is 14.8 Å². The molecule has 0 aromatic carbocycles. The molecule has 1 aliphatic rings. The number of hydrogen-bond acceptors (Lipinski definition) is 4. The highest BCUT2D eigenvalue weighted by Gasteiger charge is 2.27. The van der Waals surface area contributed by atoms with Gasteiger partial charge in [-0.1, -0.05) is 13.8 Å². The molecule has 1 heterocycles. The fourth-order valence-corrected chi connectivity index (χ4v) is 3.46. The number of piperazine rings is 1. The SMILES string of the molecule is CC(C)CN1CCN(S(=O)(=O)CCC(=O)O)CC1. The van der Waals surface area contributed by atoms with E-state index in [9.17, 15) is 13.2 Å². The molecule has 0 radical (unpaired) electrons. The zero-order chi connectivity index (χ0) is 13.8. The van der Waals surface area contributed by atoms with Gasteiger partial charge in [-0.3, -0.25) is 4.79 Å². The van der Waals surface area contributed by atoms with E-state index >= 15 is 0 Å². The van der Waals surface area contributed by atoms with E-state index < -0.39 is 16.0 Å². The smallest absolute Gasteiger partial charge is 0.304 e. The Kier molecular flexibility index (Phi) is 5.55. The molecule has 0 unspecified atom stereocenters. The highest BCUT2D eigenvalue weighted by Crippen LogP contribution is 2.10. The van der Waals surface area contributed by atoms with E-state index in [0.717, 1.165) is 19.6 Å². The quantitative estimate of drug-likeness (QED) is 0.743. The predicted molar refractivity (Wildman–Crippen MR) is 68.9 cm³/mol. The number of carboxylic acids is 1. The Morgan fingerprint density at radius 1 is 1.22 bits per heavy atom. The maximum Gasteiger partial charge on any atom is 0.304 e. The van der Waals surface area contributed by atoms with Crippen LogP contribution in [0.2, 0.25) is 0 Å². The summed E-state index contributed by atoms with van der Waals surface area (Å²) in [7, 11) is -3.40. The van der Waals surface area contributed by atoms with E-state index in [4.69, 9.17) is 5.11 Å². The van der Waals surface area contributed by atoms with Crippen molar-refractivity contribution >= 4 is 16.0 Å². The first-order valence-electron chi connectivity index (χ1n) is 6.23. The Hall–Kier alpha value is -0.660. The molecule has 106 valence electrons. The molecule has 0 aromatic heterocycles. The van der Waals surface area contributed by atoms with Crippen molar-refractivity contribution in [1.82, 2.24) is 9.21 Å². The van der Waals surface area contributed by atoms with Gasteiger partial charge in [0.25, 0.3) is 0 Å². The topological polar surface area (TPSA) is 77.9 Å². The zero-order valence-electron chi connectivity index (χ0n) is 11.0. The predicted octanol–water partition coefficient (Wildman–Crippen LogP) is 0.0645. The number of carbonyl (C=O) groups is 1. The van der Waals surface area contributed by atoms with Crippen LogP contribution in [0.15, 0.2) is 0 Å². The second kappa shape index (κ2) is 6.49. The molecule has 0 aliphatic carbocycles. The van der Waals surface area contributed by atoms with Gasteiger partial charge in [0, 0.05) is 32.7 Å². The van der Waals surface area contributed by atoms with Crippen molar-refractivity contribution in [3.05, 3.63) is 0 Å². The second-order valence-electron chi connectivity index (χ2n) is 5.05. The Bertz CT molecular complexity index is 373. The van der Waals surface area contributed by atoms with Gasteiger partial charge in [0.1, 0.15) is 0 Å². The van der Waals surface area contributed by atoms with Gasteiger partial charge in [0.15, 0.2) is 0 Å². The lowest BCUT2D eigenvalue weighted by Gasteiger charge is -2.34. The van der Waals surface area contributed by atoms with Crippen molar-refractivity contribution in [1.29, 1.82) is 0 Å². The molecule has 1 rings (SSSR count). The molecule has 0 saturated carbocycles. The Morgan fingerprint density at radius 2 is 1.78 bits per heavy atom. The maximum absolute atomic E-state index is 11.9. The van der Waals surface area contributed by atoms with Gasteiger partial charge >= 0.3 is 5.97 Å². The number of carboxylic acid groups (broad SMARTS) is 1. The standard InChI is InChI=1S/C11H22N2O4S/c1-10(2)9-12-4-6-13(7-5-12)18(16,17)8-3-11(14)15/h10H,3-9H2,1-2H3,(H,14,15). The molecule has 0 amide bonds. The van der Waals surface area contributed by atoms with Crippen LogP contribution in [-0.4, -0.2) is 67.2 Å². The summed E-state index contributed by atoms with van der Waals surface area (Å²) in [5.74, 6) is -0.802. The summed E-state index contributed by atoms with van der Waals surface area (Å²) in [5.41, 5.74) is 0. The van der Waals surface area contributed by atoms with Crippen molar-refractivity contribution in [3.63, 3.8) is 0 Å². The van der Waals surface area contributed by atoms with Gasteiger partial charge < -0.3 is 10.0 Å². The Morgan fingerprint density at radius 3 is 2.22 bits per heavy atom. The summed E-state index contributed by atoms with van der Waals surface area (Å²) in [6, 6.07) is 0. The molecule has 0 atom stereocenters. The van der Waals surface area contributed by atoms with Gasteiger partial charge in [-0.2, -0.15) is 4.31 Å². The largest absolute Gasteiger partial charge is 0.481 e. The van der Waals surface area contributed by atoms with Crippen LogP contribution in [0, 0.1) is 5.92 Å². The van der Waals surface area contributed by atoms with Gasteiger partial charge in [-0.25, -0.2) is 8.42 Å². The number of aliphatic carboxylic acids is 1. The van der Waals surface area contributed by atoms with Crippen LogP contribution in [0.5, 0.6) is 0 Å². The molecule has 1 fully saturated rings. The van der Waals surface area contributed by atoms with E-state index in [-0.39, 0.29) is 12.2 Å². The fraction of sp³-hybridized carbons (Fsp3) is 0.909. The monoisotopic (exact) mass is 278 g/mol. The van der Waals surface area contributed by atoms with Crippen LogP contribution in [0.25, 0.3) is 0 Å².